The Morgan fingerprint density at radius 1 is 1.14 bits per heavy atom. The molecule has 0 atom stereocenters. The average Bonchev–Trinajstić information content (AvgIpc) is 2.23. The Morgan fingerprint density at radius 3 is 2.64 bits per heavy atom. The van der Waals surface area contributed by atoms with Crippen LogP contribution in [0.1, 0.15) is 5.56 Å². The van der Waals surface area contributed by atoms with Gasteiger partial charge in [-0.05, 0) is 23.1 Å². The largest absolute Gasteiger partial charge is 0.506 e. The predicted octanol–water partition coefficient (Wildman–Crippen LogP) is 2.69. The lowest BCUT2D eigenvalue weighted by molar-refractivity contribution is 0.282. The van der Waals surface area contributed by atoms with Gasteiger partial charge in [-0.15, -0.1) is 0 Å². The number of hydrogen-bond acceptors (Lipinski definition) is 2. The topological polar surface area (TPSA) is 40.5 Å². The first-order valence-corrected chi connectivity index (χ1v) is 4.61. The number of aromatic hydroxyl groups is 1. The lowest BCUT2D eigenvalue weighted by atomic mass is 10.1. The summed E-state index contributed by atoms with van der Waals surface area (Å²) in [5.41, 5.74) is 0.833. The molecule has 0 aliphatic heterocycles. The van der Waals surface area contributed by atoms with Gasteiger partial charge >= 0.3 is 0 Å². The maximum atomic E-state index is 9.36. The van der Waals surface area contributed by atoms with E-state index in [4.69, 9.17) is 16.7 Å². The van der Waals surface area contributed by atoms with Crippen LogP contribution < -0.4 is 0 Å². The Kier molecular flexibility index (Phi) is 2.32. The van der Waals surface area contributed by atoms with Crippen molar-refractivity contribution in [1.29, 1.82) is 0 Å². The molecule has 72 valence electrons. The zero-order chi connectivity index (χ0) is 10.1. The second-order valence-electron chi connectivity index (χ2n) is 3.11. The number of halogens is 1. The number of phenols is 1. The summed E-state index contributed by atoms with van der Waals surface area (Å²) in [4.78, 5) is 0. The number of hydrogen-bond donors (Lipinski definition) is 2. The lowest BCUT2D eigenvalue weighted by Gasteiger charge is -2.04. The quantitative estimate of drug-likeness (QED) is 0.757. The first kappa shape index (κ1) is 9.31. The molecule has 0 unspecified atom stereocenters. The zero-order valence-corrected chi connectivity index (χ0v) is 8.12. The molecule has 0 aliphatic carbocycles. The summed E-state index contributed by atoms with van der Waals surface area (Å²) in [5.74, 6) is 0.0796. The van der Waals surface area contributed by atoms with E-state index in [1.165, 1.54) is 0 Å². The maximum Gasteiger partial charge on any atom is 0.134 e. The molecule has 14 heavy (non-hydrogen) atoms. The molecule has 2 N–H and O–H groups in total. The number of rotatable bonds is 1. The lowest BCUT2D eigenvalue weighted by Crippen LogP contribution is -1.83. The summed E-state index contributed by atoms with van der Waals surface area (Å²) in [6, 6.07) is 8.75. The Hall–Kier alpha value is -1.25. The standard InChI is InChI=1S/C11H9ClO2/c12-11-9-3-1-7(6-13)5-8(9)2-4-10(11)14/h1-5,13-14H,6H2. The van der Waals surface area contributed by atoms with Crippen LogP contribution in [0.4, 0.5) is 0 Å². The normalized spacial score (nSPS) is 10.7. The predicted molar refractivity (Wildman–Crippen MR) is 56.5 cm³/mol. The van der Waals surface area contributed by atoms with Gasteiger partial charge in [0.1, 0.15) is 5.75 Å². The summed E-state index contributed by atoms with van der Waals surface area (Å²) in [5, 5.41) is 20.4. The molecule has 0 saturated heterocycles. The fraction of sp³-hybridized carbons (Fsp3) is 0.0909. The molecule has 0 bridgehead atoms. The van der Waals surface area contributed by atoms with Crippen molar-refractivity contribution < 1.29 is 10.2 Å². The van der Waals surface area contributed by atoms with Crippen LogP contribution in [0.3, 0.4) is 0 Å². The van der Waals surface area contributed by atoms with Gasteiger partial charge < -0.3 is 10.2 Å². The van der Waals surface area contributed by atoms with Crippen molar-refractivity contribution in [2.24, 2.45) is 0 Å². The molecular weight excluding hydrogens is 200 g/mol. The minimum Gasteiger partial charge on any atom is -0.506 e. The molecule has 0 fully saturated rings. The zero-order valence-electron chi connectivity index (χ0n) is 7.37. The molecule has 0 aromatic heterocycles. The van der Waals surface area contributed by atoms with E-state index in [9.17, 15) is 5.11 Å². The molecule has 2 aromatic carbocycles. The summed E-state index contributed by atoms with van der Waals surface area (Å²) in [6.07, 6.45) is 0. The molecule has 0 amide bonds. The van der Waals surface area contributed by atoms with Gasteiger partial charge in [0.25, 0.3) is 0 Å². The molecule has 0 aliphatic rings. The second-order valence-corrected chi connectivity index (χ2v) is 3.49. The fourth-order valence-electron chi connectivity index (χ4n) is 1.43. The average molecular weight is 209 g/mol. The van der Waals surface area contributed by atoms with E-state index < -0.39 is 0 Å². The third-order valence-corrected chi connectivity index (χ3v) is 2.58. The summed E-state index contributed by atoms with van der Waals surface area (Å²) >= 11 is 5.91. The van der Waals surface area contributed by atoms with E-state index >= 15 is 0 Å². The van der Waals surface area contributed by atoms with E-state index in [0.29, 0.717) is 5.02 Å². The highest BCUT2D eigenvalue weighted by atomic mass is 35.5. The monoisotopic (exact) mass is 208 g/mol. The van der Waals surface area contributed by atoms with Crippen molar-refractivity contribution in [3.63, 3.8) is 0 Å². The van der Waals surface area contributed by atoms with Crippen molar-refractivity contribution >= 4 is 22.4 Å². The third-order valence-electron chi connectivity index (χ3n) is 2.18. The van der Waals surface area contributed by atoms with Gasteiger partial charge in [0.05, 0.1) is 11.6 Å². The first-order valence-electron chi connectivity index (χ1n) is 4.23. The highest BCUT2D eigenvalue weighted by Crippen LogP contribution is 2.32. The SMILES string of the molecule is OCc1ccc2c(Cl)c(O)ccc2c1. The highest BCUT2D eigenvalue weighted by molar-refractivity contribution is 6.37. The van der Waals surface area contributed by atoms with Gasteiger partial charge in [-0.3, -0.25) is 0 Å². The van der Waals surface area contributed by atoms with Gasteiger partial charge in [0.15, 0.2) is 0 Å². The minimum absolute atomic E-state index is 0.00837. The van der Waals surface area contributed by atoms with Crippen LogP contribution in [0.5, 0.6) is 5.75 Å². The fourth-order valence-corrected chi connectivity index (χ4v) is 1.66. The minimum atomic E-state index is 0.00837. The summed E-state index contributed by atoms with van der Waals surface area (Å²) in [7, 11) is 0. The molecule has 2 aromatic rings. The summed E-state index contributed by atoms with van der Waals surface area (Å²) in [6.45, 7) is 0.00837. The van der Waals surface area contributed by atoms with Gasteiger partial charge in [0.2, 0.25) is 0 Å². The van der Waals surface area contributed by atoms with Gasteiger partial charge in [-0.25, -0.2) is 0 Å². The van der Waals surface area contributed by atoms with Gasteiger partial charge in [0, 0.05) is 5.39 Å². The number of aliphatic hydroxyl groups is 1. The van der Waals surface area contributed by atoms with Crippen LogP contribution in [0.25, 0.3) is 10.8 Å². The van der Waals surface area contributed by atoms with E-state index in [2.05, 4.69) is 0 Å². The van der Waals surface area contributed by atoms with Crippen molar-refractivity contribution in [1.82, 2.24) is 0 Å². The number of benzene rings is 2. The van der Waals surface area contributed by atoms with Crippen LogP contribution in [0, 0.1) is 0 Å². The molecule has 0 saturated carbocycles. The highest BCUT2D eigenvalue weighted by Gasteiger charge is 2.04. The first-order chi connectivity index (χ1) is 6.72. The Bertz CT molecular complexity index is 480. The Labute approximate surface area is 86.4 Å². The van der Waals surface area contributed by atoms with E-state index in [0.717, 1.165) is 16.3 Å². The Morgan fingerprint density at radius 2 is 1.93 bits per heavy atom. The van der Waals surface area contributed by atoms with Crippen molar-refractivity contribution in [3.05, 3.63) is 40.9 Å². The number of fused-ring (bicyclic) bond motifs is 1. The molecule has 0 radical (unpaired) electrons. The van der Waals surface area contributed by atoms with Crippen LogP contribution in [0.2, 0.25) is 5.02 Å². The van der Waals surface area contributed by atoms with Crippen LogP contribution >= 0.6 is 11.6 Å². The van der Waals surface area contributed by atoms with Crippen molar-refractivity contribution in [2.45, 2.75) is 6.61 Å². The molecular formula is C11H9ClO2. The van der Waals surface area contributed by atoms with E-state index in [1.807, 2.05) is 6.07 Å². The smallest absolute Gasteiger partial charge is 0.134 e. The molecule has 3 heteroatoms. The maximum absolute atomic E-state index is 9.36. The number of aliphatic hydroxyl groups excluding tert-OH is 1. The molecule has 2 nitrogen and oxygen atoms in total. The van der Waals surface area contributed by atoms with Crippen LogP contribution in [0.15, 0.2) is 30.3 Å². The van der Waals surface area contributed by atoms with E-state index in [1.54, 1.807) is 24.3 Å². The van der Waals surface area contributed by atoms with E-state index in [-0.39, 0.29) is 12.4 Å². The molecule has 0 spiro atoms. The number of phenolic OH excluding ortho intramolecular Hbond substituents is 1. The second kappa shape index (κ2) is 3.48. The summed E-state index contributed by atoms with van der Waals surface area (Å²) < 4.78 is 0. The van der Waals surface area contributed by atoms with Crippen molar-refractivity contribution in [3.8, 4) is 5.75 Å². The third kappa shape index (κ3) is 1.43. The van der Waals surface area contributed by atoms with Crippen molar-refractivity contribution in [2.75, 3.05) is 0 Å². The van der Waals surface area contributed by atoms with Crippen LogP contribution in [-0.4, -0.2) is 10.2 Å². The van der Waals surface area contributed by atoms with Gasteiger partial charge in [-0.1, -0.05) is 29.8 Å². The Balaban J connectivity index is 2.74. The van der Waals surface area contributed by atoms with Crippen LogP contribution in [-0.2, 0) is 6.61 Å². The molecule has 0 heterocycles. The van der Waals surface area contributed by atoms with Gasteiger partial charge in [-0.2, -0.15) is 0 Å². The molecule has 2 rings (SSSR count).